The van der Waals surface area contributed by atoms with Crippen LogP contribution >= 0.6 is 11.3 Å². The summed E-state index contributed by atoms with van der Waals surface area (Å²) < 4.78 is 1.85. The summed E-state index contributed by atoms with van der Waals surface area (Å²) in [7, 11) is 1.82. The molecule has 1 amide bonds. The third-order valence-electron chi connectivity index (χ3n) is 4.87. The Labute approximate surface area is 152 Å². The Morgan fingerprint density at radius 1 is 1.48 bits per heavy atom. The number of nitrogens with one attached hydrogen (secondary N) is 1. The van der Waals surface area contributed by atoms with Gasteiger partial charge in [-0.05, 0) is 46.2 Å². The number of hydrogen-bond acceptors (Lipinski definition) is 6. The topological polar surface area (TPSA) is 75.9 Å². The van der Waals surface area contributed by atoms with Crippen molar-refractivity contribution < 1.29 is 4.79 Å². The molecule has 1 saturated heterocycles. The highest BCUT2D eigenvalue weighted by Crippen LogP contribution is 2.29. The standard InChI is InChI=1S/C17H26N6OS/c1-5-15-19-11(2)16(25-15)12(3)22(4)17(24)14-10-23(21-20-14)13-6-8-18-9-7-13/h10,12-13,18H,5-9H2,1-4H3/t12-/m0/s1. The monoisotopic (exact) mass is 362 g/mol. The summed E-state index contributed by atoms with van der Waals surface area (Å²) in [6.45, 7) is 8.10. The number of piperidine rings is 1. The van der Waals surface area contributed by atoms with Gasteiger partial charge in [0.25, 0.3) is 5.91 Å². The Bertz CT molecular complexity index is 733. The van der Waals surface area contributed by atoms with Gasteiger partial charge in [0.1, 0.15) is 0 Å². The zero-order chi connectivity index (χ0) is 18.0. The quantitative estimate of drug-likeness (QED) is 0.884. The van der Waals surface area contributed by atoms with Crippen molar-refractivity contribution in [3.8, 4) is 0 Å². The van der Waals surface area contributed by atoms with E-state index in [1.807, 2.05) is 25.6 Å². The van der Waals surface area contributed by atoms with E-state index >= 15 is 0 Å². The van der Waals surface area contributed by atoms with E-state index < -0.39 is 0 Å². The van der Waals surface area contributed by atoms with Crippen molar-refractivity contribution in [1.29, 1.82) is 0 Å². The van der Waals surface area contributed by atoms with Gasteiger partial charge in [-0.15, -0.1) is 16.4 Å². The van der Waals surface area contributed by atoms with E-state index in [0.29, 0.717) is 11.7 Å². The van der Waals surface area contributed by atoms with Crippen LogP contribution in [0.2, 0.25) is 0 Å². The molecular formula is C17H26N6OS. The minimum atomic E-state index is -0.0986. The lowest BCUT2D eigenvalue weighted by molar-refractivity contribution is 0.0738. The fraction of sp³-hybridized carbons (Fsp3) is 0.647. The second-order valence-corrected chi connectivity index (χ2v) is 7.68. The van der Waals surface area contributed by atoms with Crippen molar-refractivity contribution in [2.75, 3.05) is 20.1 Å². The van der Waals surface area contributed by atoms with Crippen LogP contribution in [0.5, 0.6) is 0 Å². The highest BCUT2D eigenvalue weighted by atomic mass is 32.1. The van der Waals surface area contributed by atoms with Gasteiger partial charge < -0.3 is 10.2 Å². The average Bonchev–Trinajstić information content (AvgIpc) is 3.27. The van der Waals surface area contributed by atoms with Crippen LogP contribution in [0.4, 0.5) is 0 Å². The second kappa shape index (κ2) is 7.61. The lowest BCUT2D eigenvalue weighted by Crippen LogP contribution is -2.30. The van der Waals surface area contributed by atoms with E-state index in [0.717, 1.165) is 47.9 Å². The predicted molar refractivity (Wildman–Crippen MR) is 97.9 cm³/mol. The molecule has 0 radical (unpaired) electrons. The third-order valence-corrected chi connectivity index (χ3v) is 6.34. The van der Waals surface area contributed by atoms with Gasteiger partial charge >= 0.3 is 0 Å². The number of rotatable bonds is 5. The first-order valence-corrected chi connectivity index (χ1v) is 9.68. The Morgan fingerprint density at radius 3 is 2.84 bits per heavy atom. The summed E-state index contributed by atoms with van der Waals surface area (Å²) in [5.74, 6) is -0.0986. The van der Waals surface area contributed by atoms with Gasteiger partial charge in [0.2, 0.25) is 0 Å². The molecule has 2 aromatic rings. The first-order valence-electron chi connectivity index (χ1n) is 8.87. The zero-order valence-corrected chi connectivity index (χ0v) is 16.1. The Balaban J connectivity index is 1.73. The first-order chi connectivity index (χ1) is 12.0. The number of nitrogens with zero attached hydrogens (tertiary/aromatic N) is 5. The maximum Gasteiger partial charge on any atom is 0.276 e. The summed E-state index contributed by atoms with van der Waals surface area (Å²) in [6.07, 6.45) is 4.74. The lowest BCUT2D eigenvalue weighted by atomic mass is 10.1. The minimum absolute atomic E-state index is 0.0330. The maximum absolute atomic E-state index is 12.8. The fourth-order valence-corrected chi connectivity index (χ4v) is 4.26. The molecular weight excluding hydrogens is 336 g/mol. The molecule has 1 fully saturated rings. The molecule has 3 heterocycles. The molecule has 0 saturated carbocycles. The largest absolute Gasteiger partial charge is 0.333 e. The molecule has 1 aliphatic rings. The van der Waals surface area contributed by atoms with Gasteiger partial charge in [-0.2, -0.15) is 0 Å². The molecule has 25 heavy (non-hydrogen) atoms. The van der Waals surface area contributed by atoms with E-state index in [1.165, 1.54) is 0 Å². The number of carbonyl (C=O) groups excluding carboxylic acids is 1. The maximum atomic E-state index is 12.8. The smallest absolute Gasteiger partial charge is 0.276 e. The van der Waals surface area contributed by atoms with Crippen molar-refractivity contribution in [3.05, 3.63) is 27.5 Å². The van der Waals surface area contributed by atoms with Crippen LogP contribution in [-0.2, 0) is 6.42 Å². The Morgan fingerprint density at radius 2 is 2.20 bits per heavy atom. The average molecular weight is 363 g/mol. The fourth-order valence-electron chi connectivity index (χ4n) is 3.16. The van der Waals surface area contributed by atoms with Gasteiger partial charge in [0.15, 0.2) is 5.69 Å². The molecule has 0 aromatic carbocycles. The molecule has 0 spiro atoms. The number of aryl methyl sites for hydroxylation is 2. The Hall–Kier alpha value is -1.80. The van der Waals surface area contributed by atoms with Gasteiger partial charge in [0, 0.05) is 11.9 Å². The van der Waals surface area contributed by atoms with Gasteiger partial charge in [-0.25, -0.2) is 9.67 Å². The van der Waals surface area contributed by atoms with Crippen LogP contribution in [-0.4, -0.2) is 50.9 Å². The molecule has 7 nitrogen and oxygen atoms in total. The van der Waals surface area contributed by atoms with Crippen molar-refractivity contribution >= 4 is 17.2 Å². The van der Waals surface area contributed by atoms with E-state index in [2.05, 4.69) is 27.5 Å². The van der Waals surface area contributed by atoms with Crippen molar-refractivity contribution in [2.24, 2.45) is 0 Å². The number of amides is 1. The van der Waals surface area contributed by atoms with Crippen molar-refractivity contribution in [2.45, 2.75) is 52.1 Å². The summed E-state index contributed by atoms with van der Waals surface area (Å²) >= 11 is 1.68. The highest BCUT2D eigenvalue weighted by Gasteiger charge is 2.25. The van der Waals surface area contributed by atoms with Crippen molar-refractivity contribution in [3.63, 3.8) is 0 Å². The third kappa shape index (κ3) is 3.74. The second-order valence-electron chi connectivity index (χ2n) is 6.57. The number of carbonyl (C=O) groups is 1. The molecule has 2 aromatic heterocycles. The molecule has 8 heteroatoms. The number of hydrogen-bond donors (Lipinski definition) is 1. The molecule has 0 unspecified atom stereocenters. The van der Waals surface area contributed by atoms with Gasteiger partial charge in [-0.1, -0.05) is 12.1 Å². The molecule has 1 N–H and O–H groups in total. The molecule has 136 valence electrons. The summed E-state index contributed by atoms with van der Waals surface area (Å²) in [5.41, 5.74) is 1.41. The van der Waals surface area contributed by atoms with Crippen LogP contribution in [0.15, 0.2) is 6.20 Å². The van der Waals surface area contributed by atoms with E-state index in [1.54, 1.807) is 22.4 Å². The SMILES string of the molecule is CCc1nc(C)c([C@H](C)N(C)C(=O)c2cn(C3CCNCC3)nn2)s1. The zero-order valence-electron chi connectivity index (χ0n) is 15.3. The van der Waals surface area contributed by atoms with Crippen molar-refractivity contribution in [1.82, 2.24) is 30.2 Å². The van der Waals surface area contributed by atoms with Crippen LogP contribution < -0.4 is 5.32 Å². The highest BCUT2D eigenvalue weighted by molar-refractivity contribution is 7.11. The van der Waals surface area contributed by atoms with Gasteiger partial charge in [0.05, 0.1) is 29.0 Å². The van der Waals surface area contributed by atoms with Gasteiger partial charge in [-0.3, -0.25) is 4.79 Å². The summed E-state index contributed by atoms with van der Waals surface area (Å²) in [5, 5.41) is 12.8. The number of aromatic nitrogens is 4. The molecule has 0 aliphatic carbocycles. The van der Waals surface area contributed by atoms with E-state index in [9.17, 15) is 4.79 Å². The summed E-state index contributed by atoms with van der Waals surface area (Å²) in [6, 6.07) is 0.295. The van der Waals surface area contributed by atoms with Crippen LogP contribution in [0.3, 0.4) is 0 Å². The molecule has 1 atom stereocenters. The Kier molecular flexibility index (Phi) is 5.48. The minimum Gasteiger partial charge on any atom is -0.333 e. The molecule has 3 rings (SSSR count). The lowest BCUT2D eigenvalue weighted by Gasteiger charge is -2.23. The van der Waals surface area contributed by atoms with Crippen LogP contribution in [0, 0.1) is 6.92 Å². The first kappa shape index (κ1) is 18.0. The molecule has 0 bridgehead atoms. The summed E-state index contributed by atoms with van der Waals surface area (Å²) in [4.78, 5) is 20.3. The predicted octanol–water partition coefficient (Wildman–Crippen LogP) is 2.36. The number of thiazole rings is 1. The van der Waals surface area contributed by atoms with E-state index in [-0.39, 0.29) is 11.9 Å². The van der Waals surface area contributed by atoms with Crippen LogP contribution in [0.1, 0.15) is 64.8 Å². The normalized spacial score (nSPS) is 16.8. The van der Waals surface area contributed by atoms with Crippen LogP contribution in [0.25, 0.3) is 0 Å². The molecule has 1 aliphatic heterocycles. The van der Waals surface area contributed by atoms with E-state index in [4.69, 9.17) is 0 Å².